The van der Waals surface area contributed by atoms with E-state index in [0.717, 1.165) is 32.3 Å². The molecular formula is C15H32N2O. The van der Waals surface area contributed by atoms with E-state index in [-0.39, 0.29) is 0 Å². The van der Waals surface area contributed by atoms with E-state index in [2.05, 4.69) is 31.1 Å². The fourth-order valence-corrected chi connectivity index (χ4v) is 2.60. The molecule has 1 heterocycles. The maximum absolute atomic E-state index is 5.41. The van der Waals surface area contributed by atoms with Crippen LogP contribution in [0, 0.1) is 0 Å². The van der Waals surface area contributed by atoms with Gasteiger partial charge in [0.15, 0.2) is 0 Å². The fourth-order valence-electron chi connectivity index (χ4n) is 2.60. The van der Waals surface area contributed by atoms with Crippen molar-refractivity contribution in [3.63, 3.8) is 0 Å². The molecule has 0 amide bonds. The van der Waals surface area contributed by atoms with E-state index in [1.807, 2.05) is 0 Å². The van der Waals surface area contributed by atoms with Gasteiger partial charge in [0.1, 0.15) is 0 Å². The Balaban J connectivity index is 2.01. The van der Waals surface area contributed by atoms with E-state index in [4.69, 9.17) is 4.74 Å². The minimum Gasteiger partial charge on any atom is -0.381 e. The van der Waals surface area contributed by atoms with Gasteiger partial charge in [-0.3, -0.25) is 0 Å². The van der Waals surface area contributed by atoms with Crippen LogP contribution in [0.25, 0.3) is 0 Å². The minimum absolute atomic E-state index is 0.666. The Morgan fingerprint density at radius 3 is 2.67 bits per heavy atom. The summed E-state index contributed by atoms with van der Waals surface area (Å²) in [5.41, 5.74) is 0. The summed E-state index contributed by atoms with van der Waals surface area (Å²) in [4.78, 5) is 2.49. The van der Waals surface area contributed by atoms with E-state index >= 15 is 0 Å². The topological polar surface area (TPSA) is 24.5 Å². The Kier molecular flexibility index (Phi) is 8.64. The first-order valence-corrected chi connectivity index (χ1v) is 7.75. The summed E-state index contributed by atoms with van der Waals surface area (Å²) in [6.07, 6.45) is 7.76. The second-order valence-corrected chi connectivity index (χ2v) is 5.68. The average Bonchev–Trinajstić information content (AvgIpc) is 2.40. The molecule has 1 N–H and O–H groups in total. The molecule has 3 heteroatoms. The van der Waals surface area contributed by atoms with Crippen LogP contribution in [-0.4, -0.2) is 50.3 Å². The number of unbranched alkanes of at least 4 members (excludes halogenated alkanes) is 2. The smallest absolute Gasteiger partial charge is 0.0480 e. The van der Waals surface area contributed by atoms with Crippen molar-refractivity contribution >= 4 is 0 Å². The van der Waals surface area contributed by atoms with Gasteiger partial charge in [-0.1, -0.05) is 26.2 Å². The SMILES string of the molecule is CCCCCC(C)NCCN(C)C1CCOCC1. The first kappa shape index (κ1) is 15.9. The van der Waals surface area contributed by atoms with Crippen LogP contribution < -0.4 is 5.32 Å². The zero-order chi connectivity index (χ0) is 13.2. The van der Waals surface area contributed by atoms with E-state index in [0.29, 0.717) is 6.04 Å². The van der Waals surface area contributed by atoms with Gasteiger partial charge >= 0.3 is 0 Å². The zero-order valence-electron chi connectivity index (χ0n) is 12.6. The third kappa shape index (κ3) is 6.72. The van der Waals surface area contributed by atoms with Crippen LogP contribution in [0.15, 0.2) is 0 Å². The molecule has 0 aromatic rings. The van der Waals surface area contributed by atoms with Crippen molar-refractivity contribution in [3.8, 4) is 0 Å². The highest BCUT2D eigenvalue weighted by Crippen LogP contribution is 2.12. The van der Waals surface area contributed by atoms with Gasteiger partial charge < -0.3 is 15.0 Å². The molecule has 0 spiro atoms. The first-order chi connectivity index (χ1) is 8.74. The highest BCUT2D eigenvalue weighted by molar-refractivity contribution is 4.73. The highest BCUT2D eigenvalue weighted by Gasteiger charge is 2.17. The molecule has 0 radical (unpaired) electrons. The first-order valence-electron chi connectivity index (χ1n) is 7.75. The second-order valence-electron chi connectivity index (χ2n) is 5.68. The highest BCUT2D eigenvalue weighted by atomic mass is 16.5. The predicted octanol–water partition coefficient (Wildman–Crippen LogP) is 2.66. The van der Waals surface area contributed by atoms with Gasteiger partial charge in [-0.05, 0) is 33.2 Å². The van der Waals surface area contributed by atoms with Crippen molar-refractivity contribution in [2.45, 2.75) is 64.5 Å². The molecule has 18 heavy (non-hydrogen) atoms. The van der Waals surface area contributed by atoms with Gasteiger partial charge in [-0.2, -0.15) is 0 Å². The van der Waals surface area contributed by atoms with Crippen LogP contribution in [0.1, 0.15) is 52.4 Å². The van der Waals surface area contributed by atoms with Crippen LogP contribution in [0.2, 0.25) is 0 Å². The molecule has 3 nitrogen and oxygen atoms in total. The molecule has 1 unspecified atom stereocenters. The number of hydrogen-bond donors (Lipinski definition) is 1. The number of nitrogens with one attached hydrogen (secondary N) is 1. The van der Waals surface area contributed by atoms with Crippen LogP contribution in [0.3, 0.4) is 0 Å². The van der Waals surface area contributed by atoms with Gasteiger partial charge in [-0.15, -0.1) is 0 Å². The van der Waals surface area contributed by atoms with Crippen LogP contribution in [0.5, 0.6) is 0 Å². The Morgan fingerprint density at radius 2 is 2.00 bits per heavy atom. The molecule has 0 aromatic heterocycles. The normalized spacial score (nSPS) is 19.3. The van der Waals surface area contributed by atoms with E-state index in [9.17, 15) is 0 Å². The van der Waals surface area contributed by atoms with Gasteiger partial charge in [0.25, 0.3) is 0 Å². The van der Waals surface area contributed by atoms with Crippen molar-refractivity contribution in [2.24, 2.45) is 0 Å². The summed E-state index contributed by atoms with van der Waals surface area (Å²) >= 11 is 0. The number of ether oxygens (including phenoxy) is 1. The second kappa shape index (κ2) is 9.76. The monoisotopic (exact) mass is 256 g/mol. The Labute approximate surface area is 113 Å². The summed E-state index contributed by atoms with van der Waals surface area (Å²) < 4.78 is 5.41. The van der Waals surface area contributed by atoms with E-state index < -0.39 is 0 Å². The van der Waals surface area contributed by atoms with Crippen molar-refractivity contribution in [3.05, 3.63) is 0 Å². The van der Waals surface area contributed by atoms with Gasteiger partial charge in [0, 0.05) is 38.4 Å². The number of nitrogens with zero attached hydrogens (tertiary/aromatic N) is 1. The zero-order valence-corrected chi connectivity index (χ0v) is 12.6. The molecular weight excluding hydrogens is 224 g/mol. The third-order valence-electron chi connectivity index (χ3n) is 4.01. The van der Waals surface area contributed by atoms with Crippen molar-refractivity contribution < 1.29 is 4.74 Å². The summed E-state index contributed by atoms with van der Waals surface area (Å²) in [6, 6.07) is 1.40. The molecule has 1 rings (SSSR count). The molecule has 1 saturated heterocycles. The van der Waals surface area contributed by atoms with Crippen molar-refractivity contribution in [2.75, 3.05) is 33.4 Å². The molecule has 0 aromatic carbocycles. The molecule has 108 valence electrons. The number of hydrogen-bond acceptors (Lipinski definition) is 3. The summed E-state index contributed by atoms with van der Waals surface area (Å²) in [5, 5.41) is 3.64. The van der Waals surface area contributed by atoms with Crippen molar-refractivity contribution in [1.29, 1.82) is 0 Å². The Bertz CT molecular complexity index is 193. The van der Waals surface area contributed by atoms with Gasteiger partial charge in [0.2, 0.25) is 0 Å². The molecule has 0 bridgehead atoms. The lowest BCUT2D eigenvalue weighted by Gasteiger charge is -2.31. The number of likely N-dealkylation sites (N-methyl/N-ethyl adjacent to an activating group) is 1. The lowest BCUT2D eigenvalue weighted by molar-refractivity contribution is 0.0432. The summed E-state index contributed by atoms with van der Waals surface area (Å²) in [5.74, 6) is 0. The summed E-state index contributed by atoms with van der Waals surface area (Å²) in [7, 11) is 2.25. The molecule has 1 aliphatic heterocycles. The maximum Gasteiger partial charge on any atom is 0.0480 e. The largest absolute Gasteiger partial charge is 0.381 e. The number of rotatable bonds is 9. The van der Waals surface area contributed by atoms with E-state index in [1.165, 1.54) is 38.5 Å². The fraction of sp³-hybridized carbons (Fsp3) is 1.00. The van der Waals surface area contributed by atoms with Crippen molar-refractivity contribution in [1.82, 2.24) is 10.2 Å². The molecule has 1 aliphatic rings. The molecule has 0 saturated carbocycles. The predicted molar refractivity (Wildman–Crippen MR) is 78.1 cm³/mol. The maximum atomic E-state index is 5.41. The summed E-state index contributed by atoms with van der Waals surface area (Å²) in [6.45, 7) is 8.72. The van der Waals surface area contributed by atoms with Crippen LogP contribution in [-0.2, 0) is 4.74 Å². The van der Waals surface area contributed by atoms with Crippen LogP contribution in [0.4, 0.5) is 0 Å². The lowest BCUT2D eigenvalue weighted by Crippen LogP contribution is -2.41. The Hall–Kier alpha value is -0.120. The van der Waals surface area contributed by atoms with Gasteiger partial charge in [-0.25, -0.2) is 0 Å². The lowest BCUT2D eigenvalue weighted by atomic mass is 10.1. The van der Waals surface area contributed by atoms with Crippen LogP contribution >= 0.6 is 0 Å². The standard InChI is InChI=1S/C15H32N2O/c1-4-5-6-7-14(2)16-10-11-17(3)15-8-12-18-13-9-15/h14-16H,4-13H2,1-3H3. The van der Waals surface area contributed by atoms with E-state index in [1.54, 1.807) is 0 Å². The molecule has 1 fully saturated rings. The molecule has 1 atom stereocenters. The minimum atomic E-state index is 0.666. The molecule has 0 aliphatic carbocycles. The van der Waals surface area contributed by atoms with Gasteiger partial charge in [0.05, 0.1) is 0 Å². The Morgan fingerprint density at radius 1 is 1.28 bits per heavy atom. The average molecular weight is 256 g/mol. The quantitative estimate of drug-likeness (QED) is 0.642. The third-order valence-corrected chi connectivity index (χ3v) is 4.01.